The Hall–Kier alpha value is -1.69. The van der Waals surface area contributed by atoms with Gasteiger partial charge in [-0.15, -0.1) is 0 Å². The number of carbonyl (C=O) groups is 1. The maximum Gasteiger partial charge on any atom is 0.339 e. The van der Waals surface area contributed by atoms with Gasteiger partial charge in [0.05, 0.1) is 6.20 Å². The monoisotopic (exact) mass is 239 g/mol. The number of rotatable bonds is 3. The van der Waals surface area contributed by atoms with Crippen LogP contribution in [-0.2, 0) is 0 Å². The van der Waals surface area contributed by atoms with Gasteiger partial charge in [0, 0.05) is 13.1 Å². The number of nitrogens with one attached hydrogen (secondary N) is 1. The second-order valence-corrected chi connectivity index (χ2v) is 4.01. The molecule has 1 aromatic rings. The van der Waals surface area contributed by atoms with Gasteiger partial charge in [0.15, 0.2) is 5.82 Å². The molecule has 0 aliphatic carbocycles. The summed E-state index contributed by atoms with van der Waals surface area (Å²) < 4.78 is 12.9. The molecule has 1 aliphatic heterocycles. The Labute approximate surface area is 98.2 Å². The van der Waals surface area contributed by atoms with E-state index in [0.717, 1.165) is 38.2 Å². The van der Waals surface area contributed by atoms with E-state index >= 15 is 0 Å². The van der Waals surface area contributed by atoms with Gasteiger partial charge in [0.1, 0.15) is 11.4 Å². The van der Waals surface area contributed by atoms with E-state index in [0.29, 0.717) is 0 Å². The molecule has 1 aliphatic rings. The van der Waals surface area contributed by atoms with Gasteiger partial charge in [-0.3, -0.25) is 0 Å². The van der Waals surface area contributed by atoms with Crippen LogP contribution in [0, 0.1) is 5.82 Å². The summed E-state index contributed by atoms with van der Waals surface area (Å²) in [6.07, 6.45) is 4.33. The van der Waals surface area contributed by atoms with Crippen molar-refractivity contribution in [2.75, 3.05) is 18.5 Å². The van der Waals surface area contributed by atoms with Crippen LogP contribution >= 0.6 is 0 Å². The third-order valence-corrected chi connectivity index (χ3v) is 2.70. The van der Waals surface area contributed by atoms with Crippen LogP contribution in [0.1, 0.15) is 29.6 Å². The topological polar surface area (TPSA) is 65.5 Å². The maximum absolute atomic E-state index is 12.9. The SMILES string of the molecule is O=C(O)c1cc(F)cnc1NN1CCCCC1. The second-order valence-electron chi connectivity index (χ2n) is 4.01. The Morgan fingerprint density at radius 1 is 1.41 bits per heavy atom. The molecule has 0 unspecified atom stereocenters. The molecule has 2 rings (SSSR count). The number of hydrazine groups is 1. The minimum atomic E-state index is -1.18. The van der Waals surface area contributed by atoms with Crippen LogP contribution in [0.5, 0.6) is 0 Å². The van der Waals surface area contributed by atoms with E-state index in [1.165, 1.54) is 6.42 Å². The number of piperidine rings is 1. The van der Waals surface area contributed by atoms with Crippen LogP contribution in [0.2, 0.25) is 0 Å². The number of aromatic nitrogens is 1. The minimum absolute atomic E-state index is 0.143. The van der Waals surface area contributed by atoms with Crippen molar-refractivity contribution in [2.45, 2.75) is 19.3 Å². The number of aromatic carboxylic acids is 1. The predicted octanol–water partition coefficient (Wildman–Crippen LogP) is 1.73. The highest BCUT2D eigenvalue weighted by atomic mass is 19.1. The molecule has 0 aromatic carbocycles. The zero-order chi connectivity index (χ0) is 12.3. The number of anilines is 1. The third-order valence-electron chi connectivity index (χ3n) is 2.70. The summed E-state index contributed by atoms with van der Waals surface area (Å²) in [5.41, 5.74) is 2.79. The highest BCUT2D eigenvalue weighted by molar-refractivity contribution is 5.92. The van der Waals surface area contributed by atoms with Gasteiger partial charge in [0.25, 0.3) is 0 Å². The van der Waals surface area contributed by atoms with Crippen LogP contribution in [0.4, 0.5) is 10.2 Å². The van der Waals surface area contributed by atoms with E-state index in [1.54, 1.807) is 0 Å². The summed E-state index contributed by atoms with van der Waals surface area (Å²) in [6.45, 7) is 1.69. The van der Waals surface area contributed by atoms with Gasteiger partial charge in [-0.25, -0.2) is 19.2 Å². The Balaban J connectivity index is 2.16. The molecule has 0 amide bonds. The smallest absolute Gasteiger partial charge is 0.339 e. The number of hydrogen-bond donors (Lipinski definition) is 2. The molecule has 1 fully saturated rings. The van der Waals surface area contributed by atoms with E-state index in [-0.39, 0.29) is 11.4 Å². The summed E-state index contributed by atoms with van der Waals surface area (Å²) >= 11 is 0. The lowest BCUT2D eigenvalue weighted by molar-refractivity contribution is 0.0696. The van der Waals surface area contributed by atoms with Gasteiger partial charge in [-0.1, -0.05) is 6.42 Å². The molecule has 1 aromatic heterocycles. The normalized spacial score (nSPS) is 16.8. The highest BCUT2D eigenvalue weighted by Crippen LogP contribution is 2.16. The molecular formula is C11H14FN3O2. The average molecular weight is 239 g/mol. The van der Waals surface area contributed by atoms with Crippen molar-refractivity contribution in [1.82, 2.24) is 9.99 Å². The molecule has 0 atom stereocenters. The zero-order valence-electron chi connectivity index (χ0n) is 9.32. The Morgan fingerprint density at radius 3 is 2.76 bits per heavy atom. The largest absolute Gasteiger partial charge is 0.478 e. The zero-order valence-corrected chi connectivity index (χ0v) is 9.32. The van der Waals surface area contributed by atoms with Crippen molar-refractivity contribution >= 4 is 11.8 Å². The lowest BCUT2D eigenvalue weighted by Gasteiger charge is -2.27. The van der Waals surface area contributed by atoms with Crippen molar-refractivity contribution in [2.24, 2.45) is 0 Å². The van der Waals surface area contributed by atoms with Crippen molar-refractivity contribution < 1.29 is 14.3 Å². The molecule has 17 heavy (non-hydrogen) atoms. The van der Waals surface area contributed by atoms with E-state index < -0.39 is 11.8 Å². The van der Waals surface area contributed by atoms with E-state index in [9.17, 15) is 9.18 Å². The maximum atomic E-state index is 12.9. The lowest BCUT2D eigenvalue weighted by atomic mass is 10.2. The van der Waals surface area contributed by atoms with Crippen LogP contribution in [-0.4, -0.2) is 34.2 Å². The van der Waals surface area contributed by atoms with Crippen molar-refractivity contribution in [3.63, 3.8) is 0 Å². The van der Waals surface area contributed by atoms with Crippen molar-refractivity contribution in [1.29, 1.82) is 0 Å². The highest BCUT2D eigenvalue weighted by Gasteiger charge is 2.16. The average Bonchev–Trinajstić information content (AvgIpc) is 2.32. The predicted molar refractivity (Wildman–Crippen MR) is 60.2 cm³/mol. The van der Waals surface area contributed by atoms with E-state index in [4.69, 9.17) is 5.11 Å². The number of carboxylic acid groups (broad SMARTS) is 1. The third kappa shape index (κ3) is 2.91. The van der Waals surface area contributed by atoms with Crippen LogP contribution < -0.4 is 5.43 Å². The molecule has 0 radical (unpaired) electrons. The second kappa shape index (κ2) is 5.09. The fourth-order valence-corrected chi connectivity index (χ4v) is 1.85. The van der Waals surface area contributed by atoms with E-state index in [2.05, 4.69) is 10.4 Å². The van der Waals surface area contributed by atoms with Crippen LogP contribution in [0.25, 0.3) is 0 Å². The molecule has 2 heterocycles. The Bertz CT molecular complexity index is 419. The number of halogens is 1. The Morgan fingerprint density at radius 2 is 2.12 bits per heavy atom. The number of carboxylic acids is 1. The van der Waals surface area contributed by atoms with Crippen LogP contribution in [0.15, 0.2) is 12.3 Å². The lowest BCUT2D eigenvalue weighted by Crippen LogP contribution is -2.35. The molecule has 0 bridgehead atoms. The summed E-state index contributed by atoms with van der Waals surface area (Å²) in [6, 6.07) is 0.974. The van der Waals surface area contributed by atoms with Gasteiger partial charge >= 0.3 is 5.97 Å². The quantitative estimate of drug-likeness (QED) is 0.841. The molecule has 6 heteroatoms. The van der Waals surface area contributed by atoms with Gasteiger partial charge < -0.3 is 10.5 Å². The molecule has 0 spiro atoms. The van der Waals surface area contributed by atoms with Crippen molar-refractivity contribution in [3.8, 4) is 0 Å². The fraction of sp³-hybridized carbons (Fsp3) is 0.455. The van der Waals surface area contributed by atoms with Crippen molar-refractivity contribution in [3.05, 3.63) is 23.6 Å². The number of hydrogen-bond acceptors (Lipinski definition) is 4. The molecule has 92 valence electrons. The first-order valence-electron chi connectivity index (χ1n) is 5.57. The molecule has 0 saturated carbocycles. The van der Waals surface area contributed by atoms with Crippen LogP contribution in [0.3, 0.4) is 0 Å². The Kier molecular flexibility index (Phi) is 3.53. The summed E-state index contributed by atoms with van der Waals surface area (Å²) in [4.78, 5) is 14.7. The van der Waals surface area contributed by atoms with Gasteiger partial charge in [-0.2, -0.15) is 0 Å². The molecule has 1 saturated heterocycles. The summed E-state index contributed by atoms with van der Waals surface area (Å²) in [7, 11) is 0. The first kappa shape index (κ1) is 11.8. The first-order valence-corrected chi connectivity index (χ1v) is 5.57. The summed E-state index contributed by atoms with van der Waals surface area (Å²) in [5.74, 6) is -1.64. The molecule has 2 N–H and O–H groups in total. The van der Waals surface area contributed by atoms with Gasteiger partial charge in [-0.05, 0) is 18.9 Å². The fourth-order valence-electron chi connectivity index (χ4n) is 1.85. The summed E-state index contributed by atoms with van der Waals surface area (Å²) in [5, 5.41) is 10.9. The molecule has 5 nitrogen and oxygen atoms in total. The number of pyridine rings is 1. The van der Waals surface area contributed by atoms with E-state index in [1.807, 2.05) is 5.01 Å². The first-order chi connectivity index (χ1) is 8.16. The van der Waals surface area contributed by atoms with Gasteiger partial charge in [0.2, 0.25) is 0 Å². The number of nitrogens with zero attached hydrogens (tertiary/aromatic N) is 2. The molecular weight excluding hydrogens is 225 g/mol. The standard InChI is InChI=1S/C11H14FN3O2/c12-8-6-9(11(16)17)10(13-7-8)14-15-4-2-1-3-5-15/h6-7H,1-5H2,(H,13,14)(H,16,17). The minimum Gasteiger partial charge on any atom is -0.478 e.